The van der Waals surface area contributed by atoms with Gasteiger partial charge in [-0.2, -0.15) is 0 Å². The second-order valence-electron chi connectivity index (χ2n) is 8.49. The van der Waals surface area contributed by atoms with Crippen LogP contribution in [0.3, 0.4) is 0 Å². The van der Waals surface area contributed by atoms with Gasteiger partial charge in [0.05, 0.1) is 16.9 Å². The van der Waals surface area contributed by atoms with Crippen LogP contribution in [0.15, 0.2) is 72.9 Å². The number of nitrogens with two attached hydrogens (primary N) is 1. The third-order valence-electron chi connectivity index (χ3n) is 5.88. The van der Waals surface area contributed by atoms with Crippen molar-refractivity contribution in [2.24, 2.45) is 17.6 Å². The minimum atomic E-state index is -0.302. The predicted molar refractivity (Wildman–Crippen MR) is 138 cm³/mol. The summed E-state index contributed by atoms with van der Waals surface area (Å²) in [5.41, 5.74) is 10.4. The van der Waals surface area contributed by atoms with Crippen LogP contribution in [-0.2, 0) is 17.8 Å². The summed E-state index contributed by atoms with van der Waals surface area (Å²) >= 11 is 0. The lowest BCUT2D eigenvalue weighted by molar-refractivity contribution is -0.106. The van der Waals surface area contributed by atoms with Gasteiger partial charge < -0.3 is 15.7 Å². The molecule has 0 spiro atoms. The van der Waals surface area contributed by atoms with Gasteiger partial charge in [-0.05, 0) is 66.6 Å². The summed E-state index contributed by atoms with van der Waals surface area (Å²) in [5.74, 6) is 1.44. The van der Waals surface area contributed by atoms with Gasteiger partial charge in [0.25, 0.3) is 0 Å². The number of rotatable bonds is 6. The van der Waals surface area contributed by atoms with Crippen LogP contribution in [0.25, 0.3) is 22.3 Å². The van der Waals surface area contributed by atoms with E-state index in [9.17, 15) is 4.39 Å². The fraction of sp³-hybridized carbons (Fsp3) is 0.250. The molecule has 2 aromatic heterocycles. The van der Waals surface area contributed by atoms with Gasteiger partial charge in [0.2, 0.25) is 6.41 Å². The molecular formula is C28H31FN4O3. The van der Waals surface area contributed by atoms with E-state index in [1.165, 1.54) is 13.5 Å². The van der Waals surface area contributed by atoms with E-state index < -0.39 is 0 Å². The zero-order chi connectivity index (χ0) is 25.9. The summed E-state index contributed by atoms with van der Waals surface area (Å²) in [6.45, 7) is 2.51. The van der Waals surface area contributed by atoms with Gasteiger partial charge in [-0.1, -0.05) is 37.3 Å². The van der Waals surface area contributed by atoms with E-state index in [1.807, 2.05) is 54.6 Å². The Bertz CT molecular complexity index is 1270. The number of hydroxylamine groups is 1. The van der Waals surface area contributed by atoms with Gasteiger partial charge in [0, 0.05) is 24.2 Å². The summed E-state index contributed by atoms with van der Waals surface area (Å²) in [6.07, 6.45) is 4.19. The lowest BCUT2D eigenvalue weighted by Gasteiger charge is -2.12. The molecule has 0 radical (unpaired) electrons. The van der Waals surface area contributed by atoms with E-state index in [2.05, 4.69) is 17.6 Å². The second kappa shape index (κ2) is 13.3. The molecule has 7 nitrogen and oxygen atoms in total. The minimum Gasteiger partial charge on any atom is -0.486 e. The Morgan fingerprint density at radius 2 is 1.83 bits per heavy atom. The highest BCUT2D eigenvalue weighted by molar-refractivity contribution is 5.84. The monoisotopic (exact) mass is 490 g/mol. The van der Waals surface area contributed by atoms with Crippen LogP contribution in [0, 0.1) is 17.7 Å². The number of hydrogen-bond acceptors (Lipinski definition) is 6. The number of carbonyl (C=O) groups is 1. The third-order valence-corrected chi connectivity index (χ3v) is 5.88. The molecule has 1 aliphatic carbocycles. The number of para-hydroxylation sites is 1. The van der Waals surface area contributed by atoms with Crippen LogP contribution < -0.4 is 16.0 Å². The van der Waals surface area contributed by atoms with E-state index in [0.717, 1.165) is 45.8 Å². The Balaban J connectivity index is 0.000000550. The third kappa shape index (κ3) is 7.31. The standard InChI is InChI=1S/C26H23FN2O.CH5NO.CH3NO/c1-17-12-19(17)13-18-9-10-26(22(27)14-18)30-16-20-15-25(24-8-4-5-11-28-24)29-23-7-3-2-6-21(20)23;1-2-3;2-1-3/h2-11,14-15,17,19H,12-13,16H2,1H3;2-3H,1H3;1H,(H2,2,3). The van der Waals surface area contributed by atoms with Crippen molar-refractivity contribution < 1.29 is 19.1 Å². The average Bonchev–Trinajstić information content (AvgIpc) is 3.58. The van der Waals surface area contributed by atoms with Crippen LogP contribution in [0.1, 0.15) is 24.5 Å². The van der Waals surface area contributed by atoms with Crippen LogP contribution in [0.4, 0.5) is 4.39 Å². The number of hydrogen-bond donors (Lipinski definition) is 3. The topological polar surface area (TPSA) is 110 Å². The first-order valence-corrected chi connectivity index (χ1v) is 11.7. The minimum absolute atomic E-state index is 0.250. The van der Waals surface area contributed by atoms with Crippen molar-refractivity contribution in [2.75, 3.05) is 7.05 Å². The number of nitrogens with one attached hydrogen (secondary N) is 1. The maximum atomic E-state index is 14.6. The highest BCUT2D eigenvalue weighted by Gasteiger charge is 2.32. The molecule has 0 aliphatic heterocycles. The van der Waals surface area contributed by atoms with Crippen molar-refractivity contribution in [3.05, 3.63) is 89.9 Å². The molecule has 5 rings (SSSR count). The molecule has 4 N–H and O–H groups in total. The molecule has 0 bridgehead atoms. The molecule has 8 heteroatoms. The van der Waals surface area contributed by atoms with Crippen molar-refractivity contribution in [1.82, 2.24) is 15.4 Å². The Morgan fingerprint density at radius 3 is 2.47 bits per heavy atom. The Labute approximate surface area is 210 Å². The summed E-state index contributed by atoms with van der Waals surface area (Å²) in [4.78, 5) is 17.7. The molecule has 1 fully saturated rings. The van der Waals surface area contributed by atoms with Crippen molar-refractivity contribution in [3.63, 3.8) is 0 Å². The predicted octanol–water partition coefficient (Wildman–Crippen LogP) is 4.91. The molecule has 188 valence electrons. The number of halogens is 1. The number of fused-ring (bicyclic) bond motifs is 1. The van der Waals surface area contributed by atoms with Gasteiger partial charge in [0.1, 0.15) is 6.61 Å². The average molecular weight is 491 g/mol. The van der Waals surface area contributed by atoms with E-state index in [4.69, 9.17) is 19.7 Å². The summed E-state index contributed by atoms with van der Waals surface area (Å²) in [7, 11) is 1.43. The van der Waals surface area contributed by atoms with Crippen molar-refractivity contribution >= 4 is 17.3 Å². The van der Waals surface area contributed by atoms with Crippen molar-refractivity contribution in [2.45, 2.75) is 26.4 Å². The van der Waals surface area contributed by atoms with Crippen molar-refractivity contribution in [3.8, 4) is 17.1 Å². The first-order chi connectivity index (χ1) is 17.5. The van der Waals surface area contributed by atoms with Gasteiger partial charge in [0.15, 0.2) is 11.6 Å². The van der Waals surface area contributed by atoms with Gasteiger partial charge >= 0.3 is 0 Å². The second-order valence-corrected chi connectivity index (χ2v) is 8.49. The highest BCUT2D eigenvalue weighted by atomic mass is 19.1. The highest BCUT2D eigenvalue weighted by Crippen LogP contribution is 2.40. The first kappa shape index (κ1) is 26.7. The number of aromatic nitrogens is 2. The van der Waals surface area contributed by atoms with Gasteiger partial charge in [-0.15, -0.1) is 0 Å². The number of ether oxygens (including phenoxy) is 1. The first-order valence-electron chi connectivity index (χ1n) is 11.7. The Kier molecular flexibility index (Phi) is 9.85. The molecule has 4 aromatic rings. The molecule has 1 aliphatic rings. The summed E-state index contributed by atoms with van der Waals surface area (Å²) in [6, 6.07) is 21.0. The van der Waals surface area contributed by atoms with Crippen LogP contribution >= 0.6 is 0 Å². The largest absolute Gasteiger partial charge is 0.486 e. The van der Waals surface area contributed by atoms with Gasteiger partial charge in [-0.3, -0.25) is 9.78 Å². The number of benzene rings is 2. The molecule has 2 unspecified atom stereocenters. The molecule has 2 heterocycles. The fourth-order valence-electron chi connectivity index (χ4n) is 3.94. The van der Waals surface area contributed by atoms with Crippen LogP contribution in [0.2, 0.25) is 0 Å². The lowest BCUT2D eigenvalue weighted by atomic mass is 10.1. The van der Waals surface area contributed by atoms with E-state index in [0.29, 0.717) is 5.92 Å². The number of pyridine rings is 2. The number of carbonyl (C=O) groups excluding carboxylic acids is 1. The fourth-order valence-corrected chi connectivity index (χ4v) is 3.94. The molecule has 1 saturated carbocycles. The van der Waals surface area contributed by atoms with Gasteiger partial charge in [-0.25, -0.2) is 14.9 Å². The summed E-state index contributed by atoms with van der Waals surface area (Å²) < 4.78 is 20.5. The molecule has 36 heavy (non-hydrogen) atoms. The van der Waals surface area contributed by atoms with Crippen LogP contribution in [-0.4, -0.2) is 28.6 Å². The van der Waals surface area contributed by atoms with E-state index >= 15 is 0 Å². The quantitative estimate of drug-likeness (QED) is 0.262. The smallest absolute Gasteiger partial charge is 0.204 e. The lowest BCUT2D eigenvalue weighted by Crippen LogP contribution is -2.01. The summed E-state index contributed by atoms with van der Waals surface area (Å²) in [5, 5.41) is 8.32. The Morgan fingerprint density at radius 1 is 1.14 bits per heavy atom. The SMILES string of the molecule is CC1CC1Cc1ccc(OCc2cc(-c3ccccn3)nc3ccccc23)c(F)c1.CNO.NC=O. The van der Waals surface area contributed by atoms with Crippen molar-refractivity contribution in [1.29, 1.82) is 0 Å². The van der Waals surface area contributed by atoms with E-state index in [1.54, 1.807) is 23.8 Å². The molecule has 2 atom stereocenters. The Hall–Kier alpha value is -3.88. The number of primary amides is 1. The molecular weight excluding hydrogens is 459 g/mol. The zero-order valence-electron chi connectivity index (χ0n) is 20.4. The normalized spacial score (nSPS) is 15.7. The molecule has 2 aromatic carbocycles. The number of nitrogens with zero attached hydrogens (tertiary/aromatic N) is 2. The van der Waals surface area contributed by atoms with Crippen LogP contribution in [0.5, 0.6) is 5.75 Å². The maximum Gasteiger partial charge on any atom is 0.204 e. The maximum absolute atomic E-state index is 14.6. The zero-order valence-corrected chi connectivity index (χ0v) is 20.4. The molecule has 0 saturated heterocycles. The molecule has 1 amide bonds. The number of amides is 1. The van der Waals surface area contributed by atoms with E-state index in [-0.39, 0.29) is 24.6 Å².